The molecule has 2 N–H and O–H groups in total. The number of aliphatic carboxylic acids is 1. The highest BCUT2D eigenvalue weighted by molar-refractivity contribution is 9.10. The van der Waals surface area contributed by atoms with E-state index in [0.717, 1.165) is 16.0 Å². The minimum atomic E-state index is -1.15. The van der Waals surface area contributed by atoms with Gasteiger partial charge in [0.05, 0.1) is 0 Å². The van der Waals surface area contributed by atoms with Crippen molar-refractivity contribution in [2.75, 3.05) is 18.1 Å². The lowest BCUT2D eigenvalue weighted by Crippen LogP contribution is -2.57. The number of ether oxygens (including phenoxy) is 1. The summed E-state index contributed by atoms with van der Waals surface area (Å²) in [5.74, 6) is 0.657. The van der Waals surface area contributed by atoms with Gasteiger partial charge in [-0.1, -0.05) is 15.9 Å². The molecule has 1 heterocycles. The number of hydrogen-bond donors (Lipinski definition) is 2. The maximum Gasteiger partial charge on any atom is 0.329 e. The second kappa shape index (κ2) is 7.17. The molecule has 1 aliphatic heterocycles. The largest absolute Gasteiger partial charge is 0.484 e. The van der Waals surface area contributed by atoms with Gasteiger partial charge in [-0.2, -0.15) is 11.8 Å². The smallest absolute Gasteiger partial charge is 0.329 e. The summed E-state index contributed by atoms with van der Waals surface area (Å²) in [6, 6.07) is 7.10. The van der Waals surface area contributed by atoms with Gasteiger partial charge in [-0.15, -0.1) is 0 Å². The molecular formula is C14H16BrNO4S. The molecule has 1 amide bonds. The van der Waals surface area contributed by atoms with Crippen LogP contribution in [0.2, 0.25) is 0 Å². The molecule has 1 aromatic carbocycles. The summed E-state index contributed by atoms with van der Waals surface area (Å²) in [5.41, 5.74) is -1.15. The van der Waals surface area contributed by atoms with Crippen LogP contribution in [-0.2, 0) is 9.59 Å². The van der Waals surface area contributed by atoms with Crippen molar-refractivity contribution in [2.45, 2.75) is 18.4 Å². The number of carboxylic acids is 1. The fourth-order valence-corrected chi connectivity index (χ4v) is 3.55. The molecule has 2 rings (SSSR count). The summed E-state index contributed by atoms with van der Waals surface area (Å²) < 4.78 is 6.28. The Morgan fingerprint density at radius 2 is 1.90 bits per heavy atom. The van der Waals surface area contributed by atoms with E-state index in [9.17, 15) is 14.7 Å². The number of carbonyl (C=O) groups is 2. The van der Waals surface area contributed by atoms with Crippen LogP contribution in [0, 0.1) is 0 Å². The average Bonchev–Trinajstić information content (AvgIpc) is 2.47. The zero-order valence-electron chi connectivity index (χ0n) is 11.3. The minimum Gasteiger partial charge on any atom is -0.484 e. The highest BCUT2D eigenvalue weighted by Crippen LogP contribution is 2.27. The third-order valence-electron chi connectivity index (χ3n) is 3.32. The number of amides is 1. The topological polar surface area (TPSA) is 75.6 Å². The summed E-state index contributed by atoms with van der Waals surface area (Å²) in [7, 11) is 0. The van der Waals surface area contributed by atoms with Gasteiger partial charge in [0.2, 0.25) is 0 Å². The summed E-state index contributed by atoms with van der Waals surface area (Å²) in [6.07, 6.45) is 0.883. The third-order valence-corrected chi connectivity index (χ3v) is 4.83. The quantitative estimate of drug-likeness (QED) is 0.827. The molecule has 5 nitrogen and oxygen atoms in total. The van der Waals surface area contributed by atoms with Gasteiger partial charge in [-0.25, -0.2) is 4.79 Å². The SMILES string of the molecule is O=C(COc1ccc(Br)cc1)NC1(C(=O)O)CCSCC1. The van der Waals surface area contributed by atoms with Gasteiger partial charge in [0.25, 0.3) is 5.91 Å². The lowest BCUT2D eigenvalue weighted by Gasteiger charge is -2.33. The van der Waals surface area contributed by atoms with Crippen molar-refractivity contribution in [2.24, 2.45) is 0 Å². The van der Waals surface area contributed by atoms with Crippen LogP contribution in [0.4, 0.5) is 0 Å². The average molecular weight is 374 g/mol. The standard InChI is InChI=1S/C14H16BrNO4S/c15-10-1-3-11(4-2-10)20-9-12(17)16-14(13(18)19)5-7-21-8-6-14/h1-4H,5-9H2,(H,16,17)(H,18,19). The van der Waals surface area contributed by atoms with E-state index in [4.69, 9.17) is 4.74 Å². The molecule has 0 spiro atoms. The number of hydrogen-bond acceptors (Lipinski definition) is 4. The van der Waals surface area contributed by atoms with Gasteiger partial charge in [0.15, 0.2) is 6.61 Å². The number of thioether (sulfide) groups is 1. The van der Waals surface area contributed by atoms with Crippen molar-refractivity contribution in [3.8, 4) is 5.75 Å². The third kappa shape index (κ3) is 4.38. The van der Waals surface area contributed by atoms with E-state index < -0.39 is 17.4 Å². The number of benzene rings is 1. The second-order valence-corrected chi connectivity index (χ2v) is 6.93. The van der Waals surface area contributed by atoms with Gasteiger partial charge in [-0.3, -0.25) is 4.79 Å². The molecule has 21 heavy (non-hydrogen) atoms. The summed E-state index contributed by atoms with van der Waals surface area (Å²) in [5, 5.41) is 12.0. The highest BCUT2D eigenvalue weighted by atomic mass is 79.9. The fourth-order valence-electron chi connectivity index (χ4n) is 2.09. The lowest BCUT2D eigenvalue weighted by molar-refractivity contribution is -0.148. The fraction of sp³-hybridized carbons (Fsp3) is 0.429. The molecule has 1 saturated heterocycles. The number of carbonyl (C=O) groups excluding carboxylic acids is 1. The van der Waals surface area contributed by atoms with Crippen LogP contribution in [0.5, 0.6) is 5.75 Å². The molecule has 1 fully saturated rings. The zero-order chi connectivity index (χ0) is 15.3. The van der Waals surface area contributed by atoms with E-state index in [1.165, 1.54) is 0 Å². The van der Waals surface area contributed by atoms with Crippen molar-refractivity contribution >= 4 is 39.6 Å². The monoisotopic (exact) mass is 373 g/mol. The predicted octanol–water partition coefficient (Wildman–Crippen LogP) is 2.29. The normalized spacial score (nSPS) is 17.0. The van der Waals surface area contributed by atoms with Gasteiger partial charge < -0.3 is 15.2 Å². The highest BCUT2D eigenvalue weighted by Gasteiger charge is 2.41. The van der Waals surface area contributed by atoms with Crippen molar-refractivity contribution in [1.82, 2.24) is 5.32 Å². The summed E-state index contributed by atoms with van der Waals surface area (Å²) in [4.78, 5) is 23.4. The van der Waals surface area contributed by atoms with Crippen LogP contribution in [0.3, 0.4) is 0 Å². The molecular weight excluding hydrogens is 358 g/mol. The van der Waals surface area contributed by atoms with E-state index in [1.807, 2.05) is 12.1 Å². The molecule has 1 aliphatic rings. The predicted molar refractivity (Wildman–Crippen MR) is 84.7 cm³/mol. The molecule has 114 valence electrons. The van der Waals surface area contributed by atoms with E-state index in [-0.39, 0.29) is 6.61 Å². The molecule has 0 radical (unpaired) electrons. The van der Waals surface area contributed by atoms with Crippen molar-refractivity contribution in [1.29, 1.82) is 0 Å². The van der Waals surface area contributed by atoms with Crippen LogP contribution in [0.25, 0.3) is 0 Å². The number of nitrogens with one attached hydrogen (secondary N) is 1. The molecule has 7 heteroatoms. The van der Waals surface area contributed by atoms with Gasteiger partial charge in [0.1, 0.15) is 11.3 Å². The molecule has 0 aliphatic carbocycles. The molecule has 0 aromatic heterocycles. The first-order valence-corrected chi connectivity index (χ1v) is 8.47. The Balaban J connectivity index is 1.90. The Morgan fingerprint density at radius 3 is 2.48 bits per heavy atom. The Hall–Kier alpha value is -1.21. The van der Waals surface area contributed by atoms with Gasteiger partial charge >= 0.3 is 5.97 Å². The maximum absolute atomic E-state index is 11.9. The second-order valence-electron chi connectivity index (χ2n) is 4.79. The van der Waals surface area contributed by atoms with Crippen molar-refractivity contribution < 1.29 is 19.4 Å². The zero-order valence-corrected chi connectivity index (χ0v) is 13.7. The van der Waals surface area contributed by atoms with E-state index in [2.05, 4.69) is 21.2 Å². The van der Waals surface area contributed by atoms with Crippen LogP contribution >= 0.6 is 27.7 Å². The van der Waals surface area contributed by atoms with Crippen molar-refractivity contribution in [3.05, 3.63) is 28.7 Å². The first-order valence-electron chi connectivity index (χ1n) is 6.52. The lowest BCUT2D eigenvalue weighted by atomic mass is 9.92. The van der Waals surface area contributed by atoms with Crippen molar-refractivity contribution in [3.63, 3.8) is 0 Å². The first-order chi connectivity index (χ1) is 10.0. The van der Waals surface area contributed by atoms with E-state index in [1.54, 1.807) is 23.9 Å². The van der Waals surface area contributed by atoms with Gasteiger partial charge in [0, 0.05) is 4.47 Å². The summed E-state index contributed by atoms with van der Waals surface area (Å²) >= 11 is 5.02. The maximum atomic E-state index is 11.9. The van der Waals surface area contributed by atoms with Gasteiger partial charge in [-0.05, 0) is 48.6 Å². The Labute approximate surface area is 135 Å². The number of rotatable bonds is 5. The first kappa shape index (κ1) is 16.2. The van der Waals surface area contributed by atoms with E-state index >= 15 is 0 Å². The van der Waals surface area contributed by atoms with Crippen LogP contribution in [-0.4, -0.2) is 40.6 Å². The minimum absolute atomic E-state index is 0.191. The molecule has 0 unspecified atom stereocenters. The van der Waals surface area contributed by atoms with Crippen LogP contribution < -0.4 is 10.1 Å². The molecule has 0 bridgehead atoms. The Bertz CT molecular complexity index is 514. The molecule has 0 saturated carbocycles. The number of halogens is 1. The Morgan fingerprint density at radius 1 is 1.29 bits per heavy atom. The summed E-state index contributed by atoms with van der Waals surface area (Å²) in [6.45, 7) is -0.191. The Kier molecular flexibility index (Phi) is 5.52. The number of carboxylic acid groups (broad SMARTS) is 1. The molecule has 0 atom stereocenters. The van der Waals surface area contributed by atoms with Crippen LogP contribution in [0.1, 0.15) is 12.8 Å². The molecule has 1 aromatic rings. The van der Waals surface area contributed by atoms with E-state index in [0.29, 0.717) is 18.6 Å². The van der Waals surface area contributed by atoms with Crippen LogP contribution in [0.15, 0.2) is 28.7 Å².